The number of carboxylic acid groups (broad SMARTS) is 1. The lowest BCUT2D eigenvalue weighted by Gasteiger charge is -2.10. The zero-order valence-electron chi connectivity index (χ0n) is 15.7. The third kappa shape index (κ3) is 19.4. The largest absolute Gasteiger partial charge is 0.481 e. The second-order valence-electron chi connectivity index (χ2n) is 7.05. The molecule has 0 aromatic rings. The van der Waals surface area contributed by atoms with Crippen molar-refractivity contribution in [2.45, 2.75) is 116 Å². The van der Waals surface area contributed by atoms with Gasteiger partial charge in [-0.1, -0.05) is 90.4 Å². The normalized spacial score (nSPS) is 12.4. The van der Waals surface area contributed by atoms with Crippen LogP contribution in [0.4, 0.5) is 0 Å². The Hall–Kier alpha value is -0.570. The Labute approximate surface area is 144 Å². The molecule has 138 valence electrons. The van der Waals surface area contributed by atoms with Crippen molar-refractivity contribution in [1.82, 2.24) is 5.32 Å². The van der Waals surface area contributed by atoms with Crippen LogP contribution in [-0.4, -0.2) is 23.7 Å². The standard InChI is InChI=1S/C20H41NO2/c1-3-4-5-6-7-8-9-10-11-12-13-14-15-16-17-21-19(2)18-20(22)23/h19,21H,3-18H2,1-2H3,(H,22,23). The second-order valence-corrected chi connectivity index (χ2v) is 7.05. The number of nitrogens with one attached hydrogen (secondary N) is 1. The van der Waals surface area contributed by atoms with Gasteiger partial charge in [-0.3, -0.25) is 4.79 Å². The number of unbranched alkanes of at least 4 members (excludes halogenated alkanes) is 13. The highest BCUT2D eigenvalue weighted by molar-refractivity contribution is 5.67. The van der Waals surface area contributed by atoms with Gasteiger partial charge in [0.1, 0.15) is 0 Å². The quantitative estimate of drug-likeness (QED) is 0.307. The van der Waals surface area contributed by atoms with E-state index < -0.39 is 5.97 Å². The first-order valence-corrected chi connectivity index (χ1v) is 10.1. The van der Waals surface area contributed by atoms with Gasteiger partial charge in [0.15, 0.2) is 0 Å². The van der Waals surface area contributed by atoms with E-state index in [-0.39, 0.29) is 12.5 Å². The maximum absolute atomic E-state index is 10.5. The first-order chi connectivity index (χ1) is 11.2. The highest BCUT2D eigenvalue weighted by Crippen LogP contribution is 2.12. The minimum absolute atomic E-state index is 0.0921. The Morgan fingerprint density at radius 1 is 0.783 bits per heavy atom. The van der Waals surface area contributed by atoms with Gasteiger partial charge in [-0.15, -0.1) is 0 Å². The SMILES string of the molecule is CCCCCCCCCCCCCCCCNC(C)CC(=O)O. The van der Waals surface area contributed by atoms with Gasteiger partial charge in [-0.2, -0.15) is 0 Å². The highest BCUT2D eigenvalue weighted by Gasteiger charge is 2.05. The summed E-state index contributed by atoms with van der Waals surface area (Å²) in [6.45, 7) is 5.17. The molecule has 3 heteroatoms. The molecule has 3 nitrogen and oxygen atoms in total. The molecule has 0 aliphatic carbocycles. The van der Waals surface area contributed by atoms with Crippen LogP contribution in [0.15, 0.2) is 0 Å². The molecule has 1 unspecified atom stereocenters. The lowest BCUT2D eigenvalue weighted by atomic mass is 10.0. The van der Waals surface area contributed by atoms with Crippen LogP contribution >= 0.6 is 0 Å². The van der Waals surface area contributed by atoms with E-state index in [0.717, 1.165) is 6.54 Å². The number of hydrogen-bond acceptors (Lipinski definition) is 2. The van der Waals surface area contributed by atoms with E-state index in [0.29, 0.717) is 0 Å². The molecule has 0 aliphatic rings. The average Bonchev–Trinajstić information content (AvgIpc) is 2.50. The molecule has 0 aromatic carbocycles. The van der Waals surface area contributed by atoms with E-state index in [1.807, 2.05) is 6.92 Å². The summed E-state index contributed by atoms with van der Waals surface area (Å²) in [7, 11) is 0. The van der Waals surface area contributed by atoms with E-state index in [1.165, 1.54) is 89.9 Å². The van der Waals surface area contributed by atoms with Crippen LogP contribution in [0.25, 0.3) is 0 Å². The first-order valence-electron chi connectivity index (χ1n) is 10.1. The molecule has 0 amide bonds. The van der Waals surface area contributed by atoms with Crippen LogP contribution < -0.4 is 5.32 Å². The summed E-state index contributed by atoms with van der Waals surface area (Å²) in [6.07, 6.45) is 19.5. The summed E-state index contributed by atoms with van der Waals surface area (Å²) in [5.74, 6) is -0.717. The fourth-order valence-corrected chi connectivity index (χ4v) is 3.00. The molecule has 0 fully saturated rings. The molecular weight excluding hydrogens is 286 g/mol. The van der Waals surface area contributed by atoms with E-state index in [4.69, 9.17) is 5.11 Å². The maximum atomic E-state index is 10.5. The highest BCUT2D eigenvalue weighted by atomic mass is 16.4. The van der Waals surface area contributed by atoms with Gasteiger partial charge in [0.2, 0.25) is 0 Å². The number of hydrogen-bond donors (Lipinski definition) is 2. The van der Waals surface area contributed by atoms with Crippen molar-refractivity contribution >= 4 is 5.97 Å². The predicted octanol–water partition coefficient (Wildman–Crippen LogP) is 5.92. The molecule has 23 heavy (non-hydrogen) atoms. The summed E-state index contributed by atoms with van der Waals surface area (Å²) in [5.41, 5.74) is 0. The lowest BCUT2D eigenvalue weighted by molar-refractivity contribution is -0.137. The second kappa shape index (κ2) is 17.8. The van der Waals surface area contributed by atoms with Crippen molar-refractivity contribution in [1.29, 1.82) is 0 Å². The van der Waals surface area contributed by atoms with Crippen LogP contribution in [0.1, 0.15) is 110 Å². The van der Waals surface area contributed by atoms with Crippen molar-refractivity contribution in [3.8, 4) is 0 Å². The van der Waals surface area contributed by atoms with Gasteiger partial charge in [-0.25, -0.2) is 0 Å². The molecule has 0 bridgehead atoms. The summed E-state index contributed by atoms with van der Waals surface area (Å²) in [4.78, 5) is 10.5. The molecular formula is C20H41NO2. The smallest absolute Gasteiger partial charge is 0.304 e. The summed E-state index contributed by atoms with van der Waals surface area (Å²) in [5, 5.41) is 11.9. The van der Waals surface area contributed by atoms with Crippen LogP contribution in [0.5, 0.6) is 0 Å². The molecule has 0 aromatic heterocycles. The molecule has 0 saturated heterocycles. The topological polar surface area (TPSA) is 49.3 Å². The molecule has 0 saturated carbocycles. The van der Waals surface area contributed by atoms with E-state index in [1.54, 1.807) is 0 Å². The van der Waals surface area contributed by atoms with Gasteiger partial charge in [0.25, 0.3) is 0 Å². The third-order valence-corrected chi connectivity index (χ3v) is 4.50. The molecule has 0 aliphatic heterocycles. The zero-order chi connectivity index (χ0) is 17.2. The first kappa shape index (κ1) is 22.4. The van der Waals surface area contributed by atoms with Gasteiger partial charge in [0, 0.05) is 6.04 Å². The van der Waals surface area contributed by atoms with Gasteiger partial charge in [0.05, 0.1) is 6.42 Å². The Morgan fingerprint density at radius 3 is 1.57 bits per heavy atom. The van der Waals surface area contributed by atoms with Crippen LogP contribution in [0.3, 0.4) is 0 Å². The van der Waals surface area contributed by atoms with Gasteiger partial charge in [-0.05, 0) is 19.9 Å². The number of carboxylic acids is 1. The fraction of sp³-hybridized carbons (Fsp3) is 0.950. The molecule has 2 N–H and O–H groups in total. The Morgan fingerprint density at radius 2 is 1.17 bits per heavy atom. The van der Waals surface area contributed by atoms with Crippen LogP contribution in [0, 0.1) is 0 Å². The monoisotopic (exact) mass is 327 g/mol. The van der Waals surface area contributed by atoms with Gasteiger partial charge >= 0.3 is 5.97 Å². The molecule has 0 radical (unpaired) electrons. The van der Waals surface area contributed by atoms with E-state index in [2.05, 4.69) is 12.2 Å². The summed E-state index contributed by atoms with van der Waals surface area (Å²) in [6, 6.07) is 0.0921. The predicted molar refractivity (Wildman–Crippen MR) is 100 cm³/mol. The molecule has 0 spiro atoms. The summed E-state index contributed by atoms with van der Waals surface area (Å²) >= 11 is 0. The van der Waals surface area contributed by atoms with Crippen LogP contribution in [-0.2, 0) is 4.79 Å². The van der Waals surface area contributed by atoms with Crippen molar-refractivity contribution in [3.63, 3.8) is 0 Å². The minimum Gasteiger partial charge on any atom is -0.481 e. The van der Waals surface area contributed by atoms with Crippen molar-refractivity contribution in [2.24, 2.45) is 0 Å². The summed E-state index contributed by atoms with van der Waals surface area (Å²) < 4.78 is 0. The number of carbonyl (C=O) groups is 1. The van der Waals surface area contributed by atoms with E-state index >= 15 is 0 Å². The van der Waals surface area contributed by atoms with Crippen molar-refractivity contribution < 1.29 is 9.90 Å². The Balaban J connectivity index is 3.06. The average molecular weight is 328 g/mol. The molecule has 1 atom stereocenters. The maximum Gasteiger partial charge on any atom is 0.304 e. The van der Waals surface area contributed by atoms with E-state index in [9.17, 15) is 4.79 Å². The zero-order valence-corrected chi connectivity index (χ0v) is 15.7. The van der Waals surface area contributed by atoms with Gasteiger partial charge < -0.3 is 10.4 Å². The molecule has 0 heterocycles. The minimum atomic E-state index is -0.717. The van der Waals surface area contributed by atoms with Crippen molar-refractivity contribution in [3.05, 3.63) is 0 Å². The fourth-order valence-electron chi connectivity index (χ4n) is 3.00. The third-order valence-electron chi connectivity index (χ3n) is 4.50. The number of rotatable bonds is 18. The van der Waals surface area contributed by atoms with Crippen molar-refractivity contribution in [2.75, 3.05) is 6.54 Å². The molecule has 0 rings (SSSR count). The Bertz CT molecular complexity index is 256. The number of aliphatic carboxylic acids is 1. The van der Waals surface area contributed by atoms with Crippen LogP contribution in [0.2, 0.25) is 0 Å². The Kier molecular flexibility index (Phi) is 17.3. The lowest BCUT2D eigenvalue weighted by Crippen LogP contribution is -2.29.